The van der Waals surface area contributed by atoms with Crippen LogP contribution < -0.4 is 11.1 Å². The van der Waals surface area contributed by atoms with Gasteiger partial charge in [0.15, 0.2) is 0 Å². The minimum Gasteiger partial charge on any atom is -0.356 e. The highest BCUT2D eigenvalue weighted by molar-refractivity contribution is 5.76. The summed E-state index contributed by atoms with van der Waals surface area (Å²) < 4.78 is 0. The van der Waals surface area contributed by atoms with Crippen molar-refractivity contribution < 1.29 is 9.59 Å². The first-order valence-corrected chi connectivity index (χ1v) is 6.80. The average Bonchev–Trinajstić information content (AvgIpc) is 2.36. The normalized spacial score (nSPS) is 18.5. The highest BCUT2D eigenvalue weighted by Crippen LogP contribution is 2.17. The summed E-state index contributed by atoms with van der Waals surface area (Å²) in [5, 5.41) is 2.84. The molecule has 2 amide bonds. The van der Waals surface area contributed by atoms with Gasteiger partial charge in [-0.05, 0) is 25.2 Å². The van der Waals surface area contributed by atoms with Crippen molar-refractivity contribution in [2.75, 3.05) is 19.6 Å². The van der Waals surface area contributed by atoms with Crippen LogP contribution in [0.1, 0.15) is 39.5 Å². The molecule has 5 nitrogen and oxygen atoms in total. The van der Waals surface area contributed by atoms with E-state index in [0.29, 0.717) is 12.3 Å². The third-order valence-electron chi connectivity index (χ3n) is 3.57. The summed E-state index contributed by atoms with van der Waals surface area (Å²) in [6.07, 6.45) is 3.22. The molecule has 1 fully saturated rings. The Hall–Kier alpha value is -1.10. The lowest BCUT2D eigenvalue weighted by molar-refractivity contribution is -0.133. The fourth-order valence-corrected chi connectivity index (χ4v) is 2.17. The number of nitrogens with zero attached hydrogens (tertiary/aromatic N) is 1. The molecule has 0 aromatic heterocycles. The van der Waals surface area contributed by atoms with Crippen molar-refractivity contribution in [1.29, 1.82) is 0 Å². The lowest BCUT2D eigenvalue weighted by atomic mass is 9.96. The molecule has 18 heavy (non-hydrogen) atoms. The fraction of sp³-hybridized carbons (Fsp3) is 0.846. The van der Waals surface area contributed by atoms with Gasteiger partial charge in [0.2, 0.25) is 11.8 Å². The van der Waals surface area contributed by atoms with Crippen LogP contribution >= 0.6 is 0 Å². The van der Waals surface area contributed by atoms with Crippen molar-refractivity contribution in [1.82, 2.24) is 10.2 Å². The van der Waals surface area contributed by atoms with E-state index >= 15 is 0 Å². The second-order valence-electron chi connectivity index (χ2n) is 5.13. The van der Waals surface area contributed by atoms with Crippen molar-refractivity contribution in [3.63, 3.8) is 0 Å². The van der Waals surface area contributed by atoms with E-state index in [-0.39, 0.29) is 17.9 Å². The Morgan fingerprint density at radius 3 is 2.50 bits per heavy atom. The van der Waals surface area contributed by atoms with E-state index in [1.807, 2.05) is 11.8 Å². The molecule has 5 heteroatoms. The van der Waals surface area contributed by atoms with Crippen molar-refractivity contribution in [2.24, 2.45) is 11.7 Å². The average molecular weight is 255 g/mol. The molecule has 0 radical (unpaired) electrons. The minimum atomic E-state index is -0.0189. The Morgan fingerprint density at radius 1 is 1.39 bits per heavy atom. The van der Waals surface area contributed by atoms with E-state index in [1.54, 1.807) is 0 Å². The van der Waals surface area contributed by atoms with Gasteiger partial charge in [-0.3, -0.25) is 9.59 Å². The summed E-state index contributed by atoms with van der Waals surface area (Å²) in [5.41, 5.74) is 5.79. The van der Waals surface area contributed by atoms with Gasteiger partial charge in [-0.25, -0.2) is 0 Å². The molecule has 1 saturated heterocycles. The van der Waals surface area contributed by atoms with E-state index in [2.05, 4.69) is 5.32 Å². The quantitative estimate of drug-likeness (QED) is 0.750. The number of amides is 2. The number of hydrogen-bond donors (Lipinski definition) is 2. The summed E-state index contributed by atoms with van der Waals surface area (Å²) >= 11 is 0. The van der Waals surface area contributed by atoms with Crippen LogP contribution in [0.25, 0.3) is 0 Å². The monoisotopic (exact) mass is 255 g/mol. The van der Waals surface area contributed by atoms with Gasteiger partial charge >= 0.3 is 0 Å². The van der Waals surface area contributed by atoms with Crippen molar-refractivity contribution in [3.8, 4) is 0 Å². The lowest BCUT2D eigenvalue weighted by Crippen LogP contribution is -2.43. The van der Waals surface area contributed by atoms with E-state index in [4.69, 9.17) is 5.73 Å². The Balaban J connectivity index is 2.26. The molecule has 0 aliphatic carbocycles. The number of nitrogens with two attached hydrogens (primary N) is 1. The molecule has 1 unspecified atom stereocenters. The van der Waals surface area contributed by atoms with E-state index in [0.717, 1.165) is 38.9 Å². The van der Waals surface area contributed by atoms with Crippen LogP contribution in [0.2, 0.25) is 0 Å². The number of nitrogens with one attached hydrogen (secondary N) is 1. The zero-order valence-electron chi connectivity index (χ0n) is 11.4. The van der Waals surface area contributed by atoms with Gasteiger partial charge in [0.05, 0.1) is 0 Å². The molecule has 0 aromatic carbocycles. The molecular weight excluding hydrogens is 230 g/mol. The third-order valence-corrected chi connectivity index (χ3v) is 3.57. The zero-order valence-corrected chi connectivity index (χ0v) is 11.4. The minimum absolute atomic E-state index is 0.0161. The maximum absolute atomic E-state index is 11.9. The Labute approximate surface area is 109 Å². The van der Waals surface area contributed by atoms with Gasteiger partial charge < -0.3 is 16.0 Å². The molecular formula is C13H25N3O2. The van der Waals surface area contributed by atoms with Crippen LogP contribution in [-0.4, -0.2) is 42.4 Å². The molecule has 0 aromatic rings. The number of hydrogen-bond acceptors (Lipinski definition) is 3. The largest absolute Gasteiger partial charge is 0.356 e. The van der Waals surface area contributed by atoms with Crippen LogP contribution in [0.3, 0.4) is 0 Å². The lowest BCUT2D eigenvalue weighted by Gasteiger charge is -2.32. The van der Waals surface area contributed by atoms with Gasteiger partial charge in [-0.1, -0.05) is 6.92 Å². The molecule has 1 aliphatic heterocycles. The maximum atomic E-state index is 11.9. The van der Waals surface area contributed by atoms with Crippen molar-refractivity contribution >= 4 is 11.8 Å². The molecule has 0 saturated carbocycles. The van der Waals surface area contributed by atoms with Gasteiger partial charge in [0.25, 0.3) is 0 Å². The second kappa shape index (κ2) is 7.36. The van der Waals surface area contributed by atoms with Crippen LogP contribution in [0.4, 0.5) is 0 Å². The van der Waals surface area contributed by atoms with Crippen molar-refractivity contribution in [3.05, 3.63) is 0 Å². The Bertz CT molecular complexity index is 286. The first-order valence-electron chi connectivity index (χ1n) is 6.80. The molecule has 1 atom stereocenters. The van der Waals surface area contributed by atoms with Gasteiger partial charge in [-0.15, -0.1) is 0 Å². The molecule has 104 valence electrons. The maximum Gasteiger partial charge on any atom is 0.224 e. The van der Waals surface area contributed by atoms with Crippen LogP contribution in [0, 0.1) is 5.92 Å². The first-order chi connectivity index (χ1) is 8.52. The number of rotatable bonds is 5. The molecule has 0 bridgehead atoms. The molecule has 1 aliphatic rings. The molecule has 1 heterocycles. The topological polar surface area (TPSA) is 75.4 Å². The summed E-state index contributed by atoms with van der Waals surface area (Å²) in [6, 6.07) is -0.0189. The second-order valence-corrected chi connectivity index (χ2v) is 5.13. The number of likely N-dealkylation sites (tertiary alicyclic amines) is 1. The van der Waals surface area contributed by atoms with Crippen LogP contribution in [-0.2, 0) is 9.59 Å². The van der Waals surface area contributed by atoms with Gasteiger partial charge in [-0.2, -0.15) is 0 Å². The Morgan fingerprint density at radius 2 is 2.00 bits per heavy atom. The highest BCUT2D eigenvalue weighted by Gasteiger charge is 2.23. The standard InChI is InChI=1S/C13H25N3O2/c1-3-12(14)8-13(18)16-6-4-11(5-7-16)9-15-10(2)17/h11-12H,3-9,14H2,1-2H3,(H,15,17). The molecule has 3 N–H and O–H groups in total. The molecule has 0 spiro atoms. The summed E-state index contributed by atoms with van der Waals surface area (Å²) in [5.74, 6) is 0.683. The number of carbonyl (C=O) groups is 2. The zero-order chi connectivity index (χ0) is 13.5. The summed E-state index contributed by atoms with van der Waals surface area (Å²) in [7, 11) is 0. The summed E-state index contributed by atoms with van der Waals surface area (Å²) in [6.45, 7) is 5.84. The van der Waals surface area contributed by atoms with E-state index < -0.39 is 0 Å². The van der Waals surface area contributed by atoms with E-state index in [1.165, 1.54) is 6.92 Å². The predicted molar refractivity (Wildman–Crippen MR) is 70.9 cm³/mol. The smallest absolute Gasteiger partial charge is 0.224 e. The predicted octanol–water partition coefficient (Wildman–Crippen LogP) is 0.489. The third kappa shape index (κ3) is 5.04. The Kier molecular flexibility index (Phi) is 6.12. The first kappa shape index (κ1) is 15.0. The van der Waals surface area contributed by atoms with Gasteiger partial charge in [0, 0.05) is 39.0 Å². The fourth-order valence-electron chi connectivity index (χ4n) is 2.17. The van der Waals surface area contributed by atoms with Gasteiger partial charge in [0.1, 0.15) is 0 Å². The SMILES string of the molecule is CCC(N)CC(=O)N1CCC(CNC(C)=O)CC1. The van der Waals surface area contributed by atoms with Crippen LogP contribution in [0.15, 0.2) is 0 Å². The number of carbonyl (C=O) groups excluding carboxylic acids is 2. The van der Waals surface area contributed by atoms with Crippen LogP contribution in [0.5, 0.6) is 0 Å². The van der Waals surface area contributed by atoms with E-state index in [9.17, 15) is 9.59 Å². The summed E-state index contributed by atoms with van der Waals surface area (Å²) in [4.78, 5) is 24.6. The van der Waals surface area contributed by atoms with Crippen molar-refractivity contribution in [2.45, 2.75) is 45.6 Å². The highest BCUT2D eigenvalue weighted by atomic mass is 16.2. The number of piperidine rings is 1. The molecule has 1 rings (SSSR count).